The highest BCUT2D eigenvalue weighted by Gasteiger charge is 2.41. The molecule has 1 N–H and O–H groups in total. The first kappa shape index (κ1) is 22.8. The zero-order valence-corrected chi connectivity index (χ0v) is 20.0. The minimum Gasteiger partial charge on any atom is -0.346 e. The highest BCUT2D eigenvalue weighted by Crippen LogP contribution is 2.33. The van der Waals surface area contributed by atoms with Crippen molar-refractivity contribution in [3.63, 3.8) is 0 Å². The van der Waals surface area contributed by atoms with Crippen molar-refractivity contribution in [2.24, 2.45) is 0 Å². The second-order valence-electron chi connectivity index (χ2n) is 9.40. The van der Waals surface area contributed by atoms with Crippen LogP contribution in [0.5, 0.6) is 0 Å². The Morgan fingerprint density at radius 1 is 1.03 bits per heavy atom. The summed E-state index contributed by atoms with van der Waals surface area (Å²) in [4.78, 5) is 43.1. The van der Waals surface area contributed by atoms with Gasteiger partial charge in [0.05, 0.1) is 23.8 Å². The molecule has 35 heavy (non-hydrogen) atoms. The van der Waals surface area contributed by atoms with E-state index in [1.807, 2.05) is 74.5 Å². The molecule has 6 nitrogen and oxygen atoms in total. The number of aryl methyl sites for hydroxylation is 1. The Hall–Kier alpha value is -3.93. The molecule has 3 aromatic rings. The van der Waals surface area contributed by atoms with Crippen LogP contribution in [0.15, 0.2) is 72.8 Å². The third-order valence-electron chi connectivity index (χ3n) is 6.94. The van der Waals surface area contributed by atoms with Gasteiger partial charge in [-0.3, -0.25) is 14.4 Å². The summed E-state index contributed by atoms with van der Waals surface area (Å²) < 4.78 is 0. The van der Waals surface area contributed by atoms with Crippen LogP contribution in [-0.2, 0) is 11.3 Å². The van der Waals surface area contributed by atoms with E-state index in [2.05, 4.69) is 5.32 Å². The number of carbonyl (C=O) groups excluding carboxylic acids is 3. The molecule has 1 fully saturated rings. The summed E-state index contributed by atoms with van der Waals surface area (Å²) in [5, 5.41) is 3.06. The number of rotatable bonds is 5. The van der Waals surface area contributed by atoms with Crippen LogP contribution in [0.4, 0.5) is 5.69 Å². The van der Waals surface area contributed by atoms with Gasteiger partial charge < -0.3 is 15.1 Å². The van der Waals surface area contributed by atoms with Gasteiger partial charge >= 0.3 is 0 Å². The molecule has 0 spiro atoms. The maximum Gasteiger partial charge on any atom is 0.256 e. The number of nitrogens with zero attached hydrogens (tertiary/aromatic N) is 2. The van der Waals surface area contributed by atoms with Crippen LogP contribution in [0.1, 0.15) is 63.2 Å². The van der Waals surface area contributed by atoms with Gasteiger partial charge in [-0.2, -0.15) is 0 Å². The van der Waals surface area contributed by atoms with Crippen LogP contribution in [0, 0.1) is 6.92 Å². The second kappa shape index (κ2) is 9.37. The van der Waals surface area contributed by atoms with Crippen LogP contribution >= 0.6 is 0 Å². The lowest BCUT2D eigenvalue weighted by molar-refractivity contribution is -0.122. The zero-order chi connectivity index (χ0) is 24.5. The van der Waals surface area contributed by atoms with Gasteiger partial charge in [0.25, 0.3) is 11.8 Å². The van der Waals surface area contributed by atoms with Crippen LogP contribution < -0.4 is 10.2 Å². The first-order valence-electron chi connectivity index (χ1n) is 12.1. The van der Waals surface area contributed by atoms with Gasteiger partial charge in [-0.25, -0.2) is 0 Å². The summed E-state index contributed by atoms with van der Waals surface area (Å²) in [6.07, 6.45) is 1.50. The fourth-order valence-electron chi connectivity index (χ4n) is 4.98. The number of amides is 3. The minimum atomic E-state index is -0.434. The molecule has 178 valence electrons. The van der Waals surface area contributed by atoms with E-state index in [0.717, 1.165) is 17.5 Å². The van der Waals surface area contributed by atoms with Crippen molar-refractivity contribution >= 4 is 23.4 Å². The fourth-order valence-corrected chi connectivity index (χ4v) is 4.98. The number of para-hydroxylation sites is 1. The number of anilines is 1. The Kier molecular flexibility index (Phi) is 6.12. The summed E-state index contributed by atoms with van der Waals surface area (Å²) in [5.74, 6) is -0.319. The summed E-state index contributed by atoms with van der Waals surface area (Å²) in [6.45, 7) is 4.89. The SMILES string of the molecule is Cc1ccc([C@@H](C)NC(=O)c2cccc(CN3C(=O)[C@H]4CCCN4C(=O)c4ccccc43)c2)cc1. The molecular weight excluding hydrogens is 438 g/mol. The van der Waals surface area contributed by atoms with Crippen LogP contribution in [0.3, 0.4) is 0 Å². The average Bonchev–Trinajstić information content (AvgIpc) is 3.34. The van der Waals surface area contributed by atoms with Crippen molar-refractivity contribution < 1.29 is 14.4 Å². The number of carbonyl (C=O) groups is 3. The van der Waals surface area contributed by atoms with Crippen molar-refractivity contribution in [3.8, 4) is 0 Å². The Morgan fingerprint density at radius 3 is 2.60 bits per heavy atom. The Bertz CT molecular complexity index is 1280. The topological polar surface area (TPSA) is 69.7 Å². The summed E-state index contributed by atoms with van der Waals surface area (Å²) in [6, 6.07) is 22.2. The van der Waals surface area contributed by atoms with Crippen LogP contribution in [0.25, 0.3) is 0 Å². The molecule has 6 heteroatoms. The van der Waals surface area contributed by atoms with Crippen molar-refractivity contribution in [2.75, 3.05) is 11.4 Å². The molecule has 0 radical (unpaired) electrons. The first-order valence-corrected chi connectivity index (χ1v) is 12.1. The fraction of sp³-hybridized carbons (Fsp3) is 0.276. The van der Waals surface area contributed by atoms with Crippen molar-refractivity contribution in [2.45, 2.75) is 45.3 Å². The van der Waals surface area contributed by atoms with Crippen molar-refractivity contribution in [3.05, 3.63) is 101 Å². The maximum absolute atomic E-state index is 13.5. The van der Waals surface area contributed by atoms with Gasteiger partial charge in [-0.15, -0.1) is 0 Å². The van der Waals surface area contributed by atoms with Crippen LogP contribution in [0.2, 0.25) is 0 Å². The normalized spacial score (nSPS) is 18.1. The molecule has 0 aromatic heterocycles. The molecule has 0 bridgehead atoms. The molecule has 0 aliphatic carbocycles. The lowest BCUT2D eigenvalue weighted by Crippen LogP contribution is -2.44. The van der Waals surface area contributed by atoms with E-state index in [9.17, 15) is 14.4 Å². The van der Waals surface area contributed by atoms with Gasteiger partial charge in [0, 0.05) is 12.1 Å². The van der Waals surface area contributed by atoms with Gasteiger partial charge in [0.15, 0.2) is 0 Å². The molecule has 0 unspecified atom stereocenters. The highest BCUT2D eigenvalue weighted by atomic mass is 16.2. The smallest absolute Gasteiger partial charge is 0.256 e. The average molecular weight is 468 g/mol. The second-order valence-corrected chi connectivity index (χ2v) is 9.40. The summed E-state index contributed by atoms with van der Waals surface area (Å²) >= 11 is 0. The molecule has 1 saturated heterocycles. The summed E-state index contributed by atoms with van der Waals surface area (Å²) in [5.41, 5.74) is 4.76. The Labute approximate surface area is 205 Å². The van der Waals surface area contributed by atoms with Gasteiger partial charge in [0.2, 0.25) is 5.91 Å². The molecule has 2 heterocycles. The molecule has 5 rings (SSSR count). The standard InChI is InChI=1S/C29H29N3O3/c1-19-12-14-22(15-13-19)20(2)30-27(33)23-8-5-7-21(17-23)18-32-25-10-4-3-9-24(25)28(34)31-16-6-11-26(31)29(32)35/h3-5,7-10,12-15,17,20,26H,6,11,16,18H2,1-2H3,(H,30,33)/t20-,26-/m1/s1. The van der Waals surface area contributed by atoms with E-state index in [4.69, 9.17) is 0 Å². The monoisotopic (exact) mass is 467 g/mol. The molecule has 0 saturated carbocycles. The maximum atomic E-state index is 13.5. The molecule has 3 aromatic carbocycles. The first-order chi connectivity index (χ1) is 16.9. The van der Waals surface area contributed by atoms with E-state index < -0.39 is 6.04 Å². The minimum absolute atomic E-state index is 0.0661. The lowest BCUT2D eigenvalue weighted by Gasteiger charge is -2.26. The van der Waals surface area contributed by atoms with Gasteiger partial charge in [-0.05, 0) is 62.1 Å². The number of hydrogen-bond donors (Lipinski definition) is 1. The van der Waals surface area contributed by atoms with E-state index in [1.165, 1.54) is 5.56 Å². The van der Waals surface area contributed by atoms with Crippen molar-refractivity contribution in [1.29, 1.82) is 0 Å². The summed E-state index contributed by atoms with van der Waals surface area (Å²) in [7, 11) is 0. The highest BCUT2D eigenvalue weighted by molar-refractivity contribution is 6.11. The van der Waals surface area contributed by atoms with E-state index in [0.29, 0.717) is 36.3 Å². The number of nitrogens with one attached hydrogen (secondary N) is 1. The van der Waals surface area contributed by atoms with Crippen LogP contribution in [-0.4, -0.2) is 35.2 Å². The molecular formula is C29H29N3O3. The van der Waals surface area contributed by atoms with Crippen molar-refractivity contribution in [1.82, 2.24) is 10.2 Å². The zero-order valence-electron chi connectivity index (χ0n) is 20.0. The number of fused-ring (bicyclic) bond motifs is 2. The van der Waals surface area contributed by atoms with E-state index >= 15 is 0 Å². The largest absolute Gasteiger partial charge is 0.346 e. The molecule has 3 amide bonds. The molecule has 2 aliphatic rings. The predicted molar refractivity (Wildman–Crippen MR) is 135 cm³/mol. The number of benzene rings is 3. The van der Waals surface area contributed by atoms with E-state index in [1.54, 1.807) is 21.9 Å². The lowest BCUT2D eigenvalue weighted by atomic mass is 10.0. The van der Waals surface area contributed by atoms with Gasteiger partial charge in [-0.1, -0.05) is 54.1 Å². The number of hydrogen-bond acceptors (Lipinski definition) is 3. The molecule has 2 atom stereocenters. The third kappa shape index (κ3) is 4.44. The Morgan fingerprint density at radius 2 is 1.80 bits per heavy atom. The van der Waals surface area contributed by atoms with E-state index in [-0.39, 0.29) is 23.8 Å². The Balaban J connectivity index is 1.39. The predicted octanol–water partition coefficient (Wildman–Crippen LogP) is 4.64. The quantitative estimate of drug-likeness (QED) is 0.595. The molecule has 2 aliphatic heterocycles. The third-order valence-corrected chi connectivity index (χ3v) is 6.94. The van der Waals surface area contributed by atoms with Gasteiger partial charge in [0.1, 0.15) is 6.04 Å².